The third-order valence-electron chi connectivity index (χ3n) is 20.0. The third-order valence-corrected chi connectivity index (χ3v) is 20.0. The molecule has 20 rings (SSSR count). The minimum atomic E-state index is -2.09. The second-order valence-corrected chi connectivity index (χ2v) is 29.1. The van der Waals surface area contributed by atoms with Crippen LogP contribution in [-0.4, -0.2) is 39.9 Å². The van der Waals surface area contributed by atoms with Gasteiger partial charge < -0.3 is 39.9 Å². The Hall–Kier alpha value is -13.6. The molecule has 0 aliphatic carbocycles. The minimum Gasteiger partial charge on any atom is -0.304 e. The van der Waals surface area contributed by atoms with Gasteiger partial charge in [0.2, 0.25) is 0 Å². The molecular weight excluding hydrogens is 2330 g/mol. The fourth-order valence-electron chi connectivity index (χ4n) is 13.3. The van der Waals surface area contributed by atoms with E-state index in [1.807, 2.05) is 255 Å². The summed E-state index contributed by atoms with van der Waals surface area (Å²) in [5, 5.41) is 0. The molecular formula is C121H98Ir4N8-8. The van der Waals surface area contributed by atoms with Gasteiger partial charge in [-0.25, -0.2) is 0 Å². The third kappa shape index (κ3) is 31.9. The molecule has 4 radical (unpaired) electrons. The first-order valence-corrected chi connectivity index (χ1v) is 41.9. The van der Waals surface area contributed by atoms with E-state index in [9.17, 15) is 0 Å². The van der Waals surface area contributed by atoms with Gasteiger partial charge in [-0.1, -0.05) is 201 Å². The standard InChI is InChI=1S/C19H16N.3C18H14N.4C12H10N.4Ir/c1-2-15-13-19(17-11-7-4-8-12-17)20-14-18(15)16-9-5-3-6-10-16;3*1-14-12-18(16-10-6-3-7-11-16)19-13-17(14)15-8-4-2-5-9-15;4*1-10-7-8-12(13-9-10)11-5-3-2-4-6-11;;;;/h3-11,13-14H,2H2,1H3;3*2-10,12-13H,1H3;4*2-5,7-9H,1H3;;;;/q8*-1;;;;/i;;;;4*1D3;;;;. The van der Waals surface area contributed by atoms with Crippen molar-refractivity contribution in [3.05, 3.63) is 531 Å². The predicted molar refractivity (Wildman–Crippen MR) is 532 cm³/mol. The van der Waals surface area contributed by atoms with Crippen LogP contribution in [0.4, 0.5) is 0 Å². The Morgan fingerprint density at radius 3 is 0.571 bits per heavy atom. The van der Waals surface area contributed by atoms with E-state index < -0.39 is 27.4 Å². The van der Waals surface area contributed by atoms with Crippen LogP contribution in [0.15, 0.2) is 438 Å². The molecule has 666 valence electrons. The van der Waals surface area contributed by atoms with Gasteiger partial charge in [0.1, 0.15) is 0 Å². The van der Waals surface area contributed by atoms with Crippen LogP contribution >= 0.6 is 0 Å². The van der Waals surface area contributed by atoms with Crippen molar-refractivity contribution in [3.63, 3.8) is 0 Å². The zero-order chi connectivity index (χ0) is 99.4. The summed E-state index contributed by atoms with van der Waals surface area (Å²) in [6.45, 7) is 0.180. The molecule has 0 N–H and O–H groups in total. The summed E-state index contributed by atoms with van der Waals surface area (Å²) >= 11 is 0. The molecule has 0 unspecified atom stereocenters. The van der Waals surface area contributed by atoms with Crippen molar-refractivity contribution in [2.45, 2.75) is 61.5 Å². The summed E-state index contributed by atoms with van der Waals surface area (Å²) < 4.78 is 86.8. The Kier molecular flexibility index (Phi) is 36.0. The first-order valence-electron chi connectivity index (χ1n) is 47.9. The fourth-order valence-corrected chi connectivity index (χ4v) is 13.3. The van der Waals surface area contributed by atoms with E-state index in [0.717, 1.165) is 96.5 Å². The van der Waals surface area contributed by atoms with Crippen LogP contribution in [0.1, 0.15) is 67.9 Å². The Morgan fingerprint density at radius 1 is 0.203 bits per heavy atom. The smallest absolute Gasteiger partial charge is 0.0280 e. The van der Waals surface area contributed by atoms with Crippen LogP contribution in [0.2, 0.25) is 0 Å². The van der Waals surface area contributed by atoms with Crippen molar-refractivity contribution >= 4 is 0 Å². The molecule has 0 saturated heterocycles. The van der Waals surface area contributed by atoms with Crippen LogP contribution in [0.5, 0.6) is 0 Å². The van der Waals surface area contributed by atoms with Crippen molar-refractivity contribution in [1.29, 1.82) is 0 Å². The van der Waals surface area contributed by atoms with Gasteiger partial charge in [-0.15, -0.1) is 287 Å². The molecule has 12 aromatic carbocycles. The first-order chi connectivity index (χ1) is 68.2. The van der Waals surface area contributed by atoms with Crippen LogP contribution < -0.4 is 0 Å². The molecule has 0 aliphatic rings. The fraction of sp³-hybridized carbons (Fsp3) is 0.0744. The number of rotatable bonds is 13. The van der Waals surface area contributed by atoms with Gasteiger partial charge in [0.15, 0.2) is 0 Å². The van der Waals surface area contributed by atoms with E-state index >= 15 is 0 Å². The molecule has 20 aromatic rings. The molecule has 0 aliphatic heterocycles. The molecule has 0 atom stereocenters. The Morgan fingerprint density at radius 2 is 0.391 bits per heavy atom. The SMILES string of the molecule is CCc1cc(-c2[c-]cccc2)ncc1-c1ccccc1.Cc1cc(-c2[c-]cccc2)ncc1-c1ccccc1.Cc1cc(-c2[c-]cccc2)ncc1-c1ccccc1.Cc1cc(-c2[c-]cccc2)ncc1-c1ccccc1.[2H]C([2H])([2H])c1ccc(-c2[c-]cccc2)nc1.[2H]C([2H])([2H])c1ccc(-c2[c-]cccc2)nc1.[2H]C([2H])([2H])c1ccc(-c2[c-]cccc2)nc1.[2H]C([2H])([2H])c1ccc(-c2[c-]cccc2)nc1.[Ir].[Ir].[Ir].[Ir]. The van der Waals surface area contributed by atoms with Crippen molar-refractivity contribution in [2.24, 2.45) is 0 Å². The van der Waals surface area contributed by atoms with Crippen molar-refractivity contribution in [3.8, 4) is 135 Å². The second kappa shape index (κ2) is 55.6. The number of nitrogens with zero attached hydrogens (tertiary/aromatic N) is 8. The van der Waals surface area contributed by atoms with Gasteiger partial charge in [-0.2, -0.15) is 0 Å². The zero-order valence-corrected chi connectivity index (χ0v) is 82.8. The molecule has 8 aromatic heterocycles. The summed E-state index contributed by atoms with van der Waals surface area (Å²) in [5.74, 6) is 0. The maximum Gasteiger partial charge on any atom is 0.0280 e. The van der Waals surface area contributed by atoms with E-state index in [1.165, 1.54) is 91.5 Å². The van der Waals surface area contributed by atoms with Crippen molar-refractivity contribution < 1.29 is 96.9 Å². The molecule has 0 bridgehead atoms. The van der Waals surface area contributed by atoms with Gasteiger partial charge in [0, 0.05) is 169 Å². The summed E-state index contributed by atoms with van der Waals surface area (Å²) in [4.78, 5) is 34.8. The van der Waals surface area contributed by atoms with Gasteiger partial charge >= 0.3 is 0 Å². The molecule has 0 amide bonds. The normalized spacial score (nSPS) is 11.6. The number of pyridine rings is 8. The van der Waals surface area contributed by atoms with Crippen molar-refractivity contribution in [1.82, 2.24) is 39.9 Å². The molecule has 0 saturated carbocycles. The number of aryl methyl sites for hydroxylation is 8. The number of benzene rings is 12. The molecule has 0 spiro atoms. The Labute approximate surface area is 856 Å². The van der Waals surface area contributed by atoms with Gasteiger partial charge in [-0.3, -0.25) is 0 Å². The van der Waals surface area contributed by atoms with E-state index in [4.69, 9.17) is 16.4 Å². The monoisotopic (exact) mass is 2450 g/mol. The summed E-state index contributed by atoms with van der Waals surface area (Å²) in [7, 11) is 0. The van der Waals surface area contributed by atoms with E-state index in [2.05, 4.69) is 201 Å². The van der Waals surface area contributed by atoms with Crippen LogP contribution in [-0.2, 0) is 86.8 Å². The van der Waals surface area contributed by atoms with Crippen molar-refractivity contribution in [2.75, 3.05) is 0 Å². The molecule has 0 fully saturated rings. The number of hydrogen-bond donors (Lipinski definition) is 0. The minimum absolute atomic E-state index is 0. The van der Waals surface area contributed by atoms with Gasteiger partial charge in [0.05, 0.1) is 0 Å². The molecule has 12 heteroatoms. The Bertz CT molecular complexity index is 6520. The van der Waals surface area contributed by atoms with E-state index in [-0.39, 0.29) is 103 Å². The average molecular weight is 2450 g/mol. The predicted octanol–water partition coefficient (Wildman–Crippen LogP) is 29.8. The quantitative estimate of drug-likeness (QED) is 0.105. The number of hydrogen-bond acceptors (Lipinski definition) is 8. The maximum atomic E-state index is 7.23. The molecule has 8 nitrogen and oxygen atoms in total. The Balaban J connectivity index is 0.000000184. The molecule has 8 heterocycles. The van der Waals surface area contributed by atoms with Crippen LogP contribution in [0.25, 0.3) is 135 Å². The summed E-state index contributed by atoms with van der Waals surface area (Å²) in [6.07, 6.45) is 14.4. The van der Waals surface area contributed by atoms with Crippen LogP contribution in [0.3, 0.4) is 0 Å². The topological polar surface area (TPSA) is 103 Å². The van der Waals surface area contributed by atoms with Gasteiger partial charge in [0.25, 0.3) is 0 Å². The second-order valence-electron chi connectivity index (χ2n) is 29.1. The zero-order valence-electron chi connectivity index (χ0n) is 85.2. The van der Waals surface area contributed by atoms with E-state index in [0.29, 0.717) is 0 Å². The summed E-state index contributed by atoms with van der Waals surface area (Å²) in [6, 6.07) is 150. The average Bonchev–Trinajstić information content (AvgIpc) is 0.825. The largest absolute Gasteiger partial charge is 0.304 e. The number of aromatic nitrogens is 8. The van der Waals surface area contributed by atoms with E-state index in [1.54, 1.807) is 72.8 Å². The molecule has 133 heavy (non-hydrogen) atoms. The van der Waals surface area contributed by atoms with Crippen LogP contribution in [0, 0.1) is 96.7 Å². The first kappa shape index (κ1) is 86.2. The van der Waals surface area contributed by atoms with Gasteiger partial charge in [-0.05, 0) is 167 Å². The summed E-state index contributed by atoms with van der Waals surface area (Å²) in [5.41, 5.74) is 30.0. The maximum absolute atomic E-state index is 7.23.